The molecule has 0 amide bonds. The lowest BCUT2D eigenvalue weighted by atomic mass is 10.0. The first-order valence-corrected chi connectivity index (χ1v) is 12.1. The van der Waals surface area contributed by atoms with Crippen LogP contribution in [0.15, 0.2) is 36.8 Å². The lowest BCUT2D eigenvalue weighted by Crippen LogP contribution is -2.34. The molecule has 114 valence electrons. The third-order valence-electron chi connectivity index (χ3n) is 3.44. The van der Waals surface area contributed by atoms with Gasteiger partial charge in [-0.3, -0.25) is 14.1 Å². The topological polar surface area (TPSA) is 50.3 Å². The molecule has 0 fully saturated rings. The Morgan fingerprint density at radius 2 is 2.19 bits per heavy atom. The molecule has 2 rings (SSSR count). The van der Waals surface area contributed by atoms with Crippen LogP contribution in [0.2, 0.25) is 25.7 Å². The maximum absolute atomic E-state index is 12.6. The molecule has 0 spiro atoms. The molecule has 0 aliphatic carbocycles. The van der Waals surface area contributed by atoms with Crippen molar-refractivity contribution in [3.05, 3.63) is 42.4 Å². The highest BCUT2D eigenvalue weighted by atomic mass is 32.2. The Kier molecular flexibility index (Phi) is 5.11. The van der Waals surface area contributed by atoms with Crippen molar-refractivity contribution in [3.63, 3.8) is 0 Å². The van der Waals surface area contributed by atoms with Crippen LogP contribution in [0.4, 0.5) is 0 Å². The first kappa shape index (κ1) is 16.1. The summed E-state index contributed by atoms with van der Waals surface area (Å²) in [5.41, 5.74) is 0.941. The summed E-state index contributed by atoms with van der Waals surface area (Å²) >= 11 is 0. The Morgan fingerprint density at radius 1 is 1.43 bits per heavy atom. The maximum atomic E-state index is 12.6. The van der Waals surface area contributed by atoms with Gasteiger partial charge in [-0.25, -0.2) is 4.21 Å². The molecular weight excluding hydrogens is 300 g/mol. The summed E-state index contributed by atoms with van der Waals surface area (Å²) in [4.78, 5) is 15.8. The van der Waals surface area contributed by atoms with Gasteiger partial charge in [0, 0.05) is 38.8 Å². The predicted octanol–water partition coefficient (Wildman–Crippen LogP) is 2.91. The zero-order chi connectivity index (χ0) is 15.5. The number of pyridine rings is 1. The Morgan fingerprint density at radius 3 is 2.81 bits per heavy atom. The van der Waals surface area contributed by atoms with E-state index in [2.05, 4.69) is 24.6 Å². The summed E-state index contributed by atoms with van der Waals surface area (Å²) in [6.45, 7) is 6.83. The summed E-state index contributed by atoms with van der Waals surface area (Å²) in [6, 6.07) is 4.63. The molecule has 0 radical (unpaired) electrons. The number of hydrogen-bond acceptors (Lipinski definition) is 3. The van der Waals surface area contributed by atoms with E-state index >= 15 is 0 Å². The van der Waals surface area contributed by atoms with Crippen molar-refractivity contribution in [2.24, 2.45) is 0 Å². The van der Waals surface area contributed by atoms with Crippen LogP contribution in [0.25, 0.3) is 0 Å². The van der Waals surface area contributed by atoms with Crippen LogP contribution in [0, 0.1) is 0 Å². The van der Waals surface area contributed by atoms with E-state index in [0.29, 0.717) is 12.2 Å². The monoisotopic (exact) mass is 322 g/mol. The molecule has 0 saturated carbocycles. The molecule has 1 aromatic rings. The summed E-state index contributed by atoms with van der Waals surface area (Å²) in [7, 11) is -2.32. The first-order valence-electron chi connectivity index (χ1n) is 7.14. The van der Waals surface area contributed by atoms with Gasteiger partial charge in [-0.15, -0.1) is 0 Å². The number of nitrogens with zero attached hydrogens (tertiary/aromatic N) is 2. The second-order valence-corrected chi connectivity index (χ2v) is 13.6. The Bertz CT molecular complexity index is 555. The van der Waals surface area contributed by atoms with Crippen molar-refractivity contribution in [2.45, 2.75) is 38.1 Å². The van der Waals surface area contributed by atoms with E-state index in [9.17, 15) is 9.00 Å². The molecular formula is C15H22N2O2SSi. The van der Waals surface area contributed by atoms with Gasteiger partial charge in [-0.2, -0.15) is 0 Å². The molecule has 6 heteroatoms. The van der Waals surface area contributed by atoms with Crippen LogP contribution in [-0.4, -0.2) is 33.1 Å². The number of hydrogen-bond donors (Lipinski definition) is 0. The standard InChI is InChI=1S/C15H22N2O2SSi/c1-21(2,3)10-9-20(19)17-8-6-14(18)11-15(17)13-5-4-7-16-12-13/h4-8,12,15H,9-11H2,1-3H3. The van der Waals surface area contributed by atoms with Gasteiger partial charge in [0.05, 0.1) is 6.04 Å². The van der Waals surface area contributed by atoms with Gasteiger partial charge in [0.2, 0.25) is 0 Å². The zero-order valence-corrected chi connectivity index (χ0v) is 14.6. The van der Waals surface area contributed by atoms with Crippen LogP contribution < -0.4 is 0 Å². The van der Waals surface area contributed by atoms with Gasteiger partial charge in [0.1, 0.15) is 11.0 Å². The van der Waals surface area contributed by atoms with E-state index in [1.165, 1.54) is 6.08 Å². The molecule has 0 N–H and O–H groups in total. The van der Waals surface area contributed by atoms with Crippen LogP contribution in [0.1, 0.15) is 18.0 Å². The fourth-order valence-corrected chi connectivity index (χ4v) is 6.19. The number of carbonyl (C=O) groups is 1. The molecule has 2 unspecified atom stereocenters. The molecule has 1 aromatic heterocycles. The van der Waals surface area contributed by atoms with Gasteiger partial charge in [0.15, 0.2) is 5.78 Å². The number of ketones is 1. The van der Waals surface area contributed by atoms with E-state index < -0.39 is 19.1 Å². The van der Waals surface area contributed by atoms with Crippen molar-refractivity contribution in [1.82, 2.24) is 9.29 Å². The molecule has 1 aliphatic heterocycles. The molecule has 4 nitrogen and oxygen atoms in total. The lowest BCUT2D eigenvalue weighted by Gasteiger charge is -2.32. The van der Waals surface area contributed by atoms with Crippen molar-refractivity contribution in [2.75, 3.05) is 5.75 Å². The van der Waals surface area contributed by atoms with Crippen molar-refractivity contribution in [1.29, 1.82) is 0 Å². The Balaban J connectivity index is 2.16. The fourth-order valence-electron chi connectivity index (χ4n) is 2.16. The largest absolute Gasteiger partial charge is 0.295 e. The first-order chi connectivity index (χ1) is 9.87. The van der Waals surface area contributed by atoms with E-state index in [4.69, 9.17) is 0 Å². The minimum Gasteiger partial charge on any atom is -0.295 e. The molecule has 1 aliphatic rings. The van der Waals surface area contributed by atoms with E-state index in [-0.39, 0.29) is 11.8 Å². The van der Waals surface area contributed by atoms with Gasteiger partial charge in [0.25, 0.3) is 0 Å². The summed E-state index contributed by atoms with van der Waals surface area (Å²) in [6.07, 6.45) is 7.03. The number of aromatic nitrogens is 1. The minimum atomic E-state index is -1.22. The molecule has 2 atom stereocenters. The van der Waals surface area contributed by atoms with Crippen LogP contribution in [-0.2, 0) is 15.8 Å². The van der Waals surface area contributed by atoms with Crippen molar-refractivity contribution >= 4 is 24.8 Å². The lowest BCUT2D eigenvalue weighted by molar-refractivity contribution is -0.115. The van der Waals surface area contributed by atoms with Crippen LogP contribution in [0.5, 0.6) is 0 Å². The Labute approximate surface area is 129 Å². The summed E-state index contributed by atoms with van der Waals surface area (Å²) < 4.78 is 14.4. The molecule has 0 aromatic carbocycles. The predicted molar refractivity (Wildman–Crippen MR) is 88.7 cm³/mol. The fraction of sp³-hybridized carbons (Fsp3) is 0.467. The third kappa shape index (κ3) is 4.61. The highest BCUT2D eigenvalue weighted by molar-refractivity contribution is 7.82. The second kappa shape index (κ2) is 6.66. The molecule has 21 heavy (non-hydrogen) atoms. The zero-order valence-electron chi connectivity index (χ0n) is 12.8. The van der Waals surface area contributed by atoms with Gasteiger partial charge < -0.3 is 0 Å². The normalized spacial score (nSPS) is 20.6. The van der Waals surface area contributed by atoms with Gasteiger partial charge in [-0.05, 0) is 23.7 Å². The smallest absolute Gasteiger partial charge is 0.159 e. The number of rotatable bonds is 5. The molecule has 0 bridgehead atoms. The summed E-state index contributed by atoms with van der Waals surface area (Å²) in [5, 5.41) is 0. The van der Waals surface area contributed by atoms with Crippen molar-refractivity contribution in [3.8, 4) is 0 Å². The number of carbonyl (C=O) groups excluding carboxylic acids is 1. The highest BCUT2D eigenvalue weighted by Crippen LogP contribution is 2.29. The molecule has 2 heterocycles. The van der Waals surface area contributed by atoms with Gasteiger partial charge >= 0.3 is 0 Å². The van der Waals surface area contributed by atoms with E-state index in [1.54, 1.807) is 18.6 Å². The maximum Gasteiger partial charge on any atom is 0.159 e. The SMILES string of the molecule is C[Si](C)(C)CCS(=O)N1C=CC(=O)CC1c1cccnc1. The van der Waals surface area contributed by atoms with Crippen LogP contribution in [0.3, 0.4) is 0 Å². The van der Waals surface area contributed by atoms with E-state index in [1.807, 2.05) is 16.4 Å². The number of allylic oxidation sites excluding steroid dienone is 1. The van der Waals surface area contributed by atoms with Gasteiger partial charge in [-0.1, -0.05) is 25.7 Å². The quantitative estimate of drug-likeness (QED) is 0.783. The molecule has 0 saturated heterocycles. The average molecular weight is 323 g/mol. The van der Waals surface area contributed by atoms with Crippen molar-refractivity contribution < 1.29 is 9.00 Å². The second-order valence-electron chi connectivity index (χ2n) is 6.48. The third-order valence-corrected chi connectivity index (χ3v) is 6.95. The minimum absolute atomic E-state index is 0.0716. The summed E-state index contributed by atoms with van der Waals surface area (Å²) in [5.74, 6) is 0.729. The van der Waals surface area contributed by atoms with Crippen LogP contribution >= 0.6 is 0 Å². The van der Waals surface area contributed by atoms with E-state index in [0.717, 1.165) is 11.6 Å². The Hall–Kier alpha value is -1.27. The highest BCUT2D eigenvalue weighted by Gasteiger charge is 2.28. The average Bonchev–Trinajstić information content (AvgIpc) is 2.45.